The number of aryl methyl sites for hydroxylation is 2. The van der Waals surface area contributed by atoms with Gasteiger partial charge in [-0.05, 0) is 30.0 Å². The number of nitrogens with one attached hydrogen (secondary N) is 1. The zero-order chi connectivity index (χ0) is 12.8. The van der Waals surface area contributed by atoms with Gasteiger partial charge in [-0.25, -0.2) is 0 Å². The Morgan fingerprint density at radius 2 is 1.61 bits per heavy atom. The molecule has 1 amide bonds. The number of rotatable bonds is 4. The van der Waals surface area contributed by atoms with Crippen molar-refractivity contribution in [3.8, 4) is 0 Å². The van der Waals surface area contributed by atoms with Gasteiger partial charge >= 0.3 is 0 Å². The van der Waals surface area contributed by atoms with Gasteiger partial charge in [0.1, 0.15) is 0 Å². The van der Waals surface area contributed by atoms with E-state index in [0.29, 0.717) is 0 Å². The largest absolute Gasteiger partial charge is 0.317 e. The van der Waals surface area contributed by atoms with E-state index in [0.717, 1.165) is 24.1 Å². The van der Waals surface area contributed by atoms with Crippen LogP contribution in [0, 0.1) is 0 Å². The summed E-state index contributed by atoms with van der Waals surface area (Å²) in [4.78, 5) is 11.0. The van der Waals surface area contributed by atoms with Gasteiger partial charge in [-0.3, -0.25) is 4.79 Å². The predicted octanol–water partition coefficient (Wildman–Crippen LogP) is 3.93. The number of hydrogen-bond donors (Lipinski definition) is 2. The Balaban J connectivity index is 2.07. The first-order valence-corrected chi connectivity index (χ1v) is 6.32. The van der Waals surface area contributed by atoms with Crippen molar-refractivity contribution in [1.29, 1.82) is 0 Å². The number of thiol groups is 1. The van der Waals surface area contributed by atoms with Gasteiger partial charge in [0.25, 0.3) is 5.24 Å². The SMILES string of the molecule is O=C(S)Nc1ccccc1CCc1ccccc1. The second-order valence-electron chi connectivity index (χ2n) is 4.07. The fourth-order valence-corrected chi connectivity index (χ4v) is 2.02. The highest BCUT2D eigenvalue weighted by Gasteiger charge is 2.03. The van der Waals surface area contributed by atoms with Gasteiger partial charge in [0.15, 0.2) is 0 Å². The summed E-state index contributed by atoms with van der Waals surface area (Å²) in [6, 6.07) is 18.1. The minimum Gasteiger partial charge on any atom is -0.317 e. The highest BCUT2D eigenvalue weighted by Crippen LogP contribution is 2.18. The lowest BCUT2D eigenvalue weighted by molar-refractivity contribution is 0.270. The quantitative estimate of drug-likeness (QED) is 0.798. The molecular formula is C15H15NOS. The second-order valence-corrected chi connectivity index (χ2v) is 4.48. The molecule has 0 saturated heterocycles. The van der Waals surface area contributed by atoms with Crippen molar-refractivity contribution in [2.24, 2.45) is 0 Å². The van der Waals surface area contributed by atoms with Crippen molar-refractivity contribution in [2.75, 3.05) is 5.32 Å². The van der Waals surface area contributed by atoms with E-state index in [1.807, 2.05) is 42.5 Å². The molecule has 0 unspecified atom stereocenters. The van der Waals surface area contributed by atoms with Crippen LogP contribution in [0.1, 0.15) is 11.1 Å². The van der Waals surface area contributed by atoms with Crippen molar-refractivity contribution in [1.82, 2.24) is 0 Å². The van der Waals surface area contributed by atoms with Gasteiger partial charge in [-0.2, -0.15) is 0 Å². The van der Waals surface area contributed by atoms with Gasteiger partial charge in [0.05, 0.1) is 0 Å². The Morgan fingerprint density at radius 3 is 2.33 bits per heavy atom. The van der Waals surface area contributed by atoms with Crippen molar-refractivity contribution in [3.63, 3.8) is 0 Å². The van der Waals surface area contributed by atoms with Gasteiger partial charge in [-0.15, -0.1) is 0 Å². The number of amides is 1. The molecule has 2 aromatic rings. The number of benzene rings is 2. The summed E-state index contributed by atoms with van der Waals surface area (Å²) in [7, 11) is 0. The molecule has 0 fully saturated rings. The Kier molecular flexibility index (Phi) is 4.42. The van der Waals surface area contributed by atoms with Crippen LogP contribution in [0.15, 0.2) is 54.6 Å². The Bertz CT molecular complexity index is 525. The molecule has 0 bridgehead atoms. The molecule has 3 heteroatoms. The van der Waals surface area contributed by atoms with E-state index < -0.39 is 0 Å². The van der Waals surface area contributed by atoms with Crippen molar-refractivity contribution >= 4 is 23.6 Å². The van der Waals surface area contributed by atoms with Crippen LogP contribution in [0.5, 0.6) is 0 Å². The normalized spacial score (nSPS) is 10.1. The summed E-state index contributed by atoms with van der Waals surface area (Å²) in [5.74, 6) is 0. The zero-order valence-corrected chi connectivity index (χ0v) is 10.9. The number of carbonyl (C=O) groups is 1. The first kappa shape index (κ1) is 12.7. The lowest BCUT2D eigenvalue weighted by atomic mass is 10.0. The summed E-state index contributed by atoms with van der Waals surface area (Å²) in [5, 5.41) is 2.40. The van der Waals surface area contributed by atoms with Gasteiger partial charge < -0.3 is 5.32 Å². The van der Waals surface area contributed by atoms with Crippen molar-refractivity contribution in [3.05, 3.63) is 65.7 Å². The van der Waals surface area contributed by atoms with Crippen LogP contribution in [0.4, 0.5) is 10.5 Å². The Morgan fingerprint density at radius 1 is 0.944 bits per heavy atom. The van der Waals surface area contributed by atoms with E-state index in [2.05, 4.69) is 30.1 Å². The van der Waals surface area contributed by atoms with E-state index in [4.69, 9.17) is 0 Å². The lowest BCUT2D eigenvalue weighted by Crippen LogP contribution is -2.05. The lowest BCUT2D eigenvalue weighted by Gasteiger charge is -2.09. The van der Waals surface area contributed by atoms with Crippen LogP contribution in [-0.2, 0) is 12.8 Å². The maximum absolute atomic E-state index is 11.0. The van der Waals surface area contributed by atoms with E-state index in [1.54, 1.807) is 0 Å². The highest BCUT2D eigenvalue weighted by atomic mass is 32.1. The third-order valence-electron chi connectivity index (χ3n) is 2.78. The number of hydrogen-bond acceptors (Lipinski definition) is 1. The Hall–Kier alpha value is -1.74. The molecule has 0 aliphatic carbocycles. The fraction of sp³-hybridized carbons (Fsp3) is 0.133. The van der Waals surface area contributed by atoms with E-state index >= 15 is 0 Å². The third kappa shape index (κ3) is 3.64. The first-order chi connectivity index (χ1) is 8.75. The van der Waals surface area contributed by atoms with Crippen molar-refractivity contribution < 1.29 is 4.79 Å². The van der Waals surface area contributed by atoms with Gasteiger partial charge in [0, 0.05) is 5.69 Å². The molecule has 2 aromatic carbocycles. The van der Waals surface area contributed by atoms with E-state index in [-0.39, 0.29) is 5.24 Å². The van der Waals surface area contributed by atoms with Crippen LogP contribution in [0.3, 0.4) is 0 Å². The topological polar surface area (TPSA) is 29.1 Å². The minimum atomic E-state index is -0.331. The molecule has 18 heavy (non-hydrogen) atoms. The Labute approximate surface area is 112 Å². The van der Waals surface area contributed by atoms with Crippen molar-refractivity contribution in [2.45, 2.75) is 12.8 Å². The summed E-state index contributed by atoms with van der Waals surface area (Å²) >= 11 is 3.74. The standard InChI is InChI=1S/C15H15NOS/c17-15(18)16-14-9-5-4-8-13(14)11-10-12-6-2-1-3-7-12/h1-9H,10-11H2,(H2,16,17,18). The average Bonchev–Trinajstić information content (AvgIpc) is 2.38. The molecule has 2 nitrogen and oxygen atoms in total. The van der Waals surface area contributed by atoms with Crippen LogP contribution in [0.2, 0.25) is 0 Å². The maximum Gasteiger partial charge on any atom is 0.280 e. The van der Waals surface area contributed by atoms with E-state index in [9.17, 15) is 4.79 Å². The summed E-state index contributed by atoms with van der Waals surface area (Å²) in [5.41, 5.74) is 3.27. The molecule has 2 rings (SSSR count). The molecule has 0 saturated carbocycles. The summed E-state index contributed by atoms with van der Waals surface area (Å²) in [6.07, 6.45) is 1.86. The van der Waals surface area contributed by atoms with Crippen LogP contribution < -0.4 is 5.32 Å². The van der Waals surface area contributed by atoms with Gasteiger partial charge in [0.2, 0.25) is 0 Å². The summed E-state index contributed by atoms with van der Waals surface area (Å²) in [6.45, 7) is 0. The maximum atomic E-state index is 11.0. The molecule has 0 spiro atoms. The highest BCUT2D eigenvalue weighted by molar-refractivity contribution is 7.96. The second kappa shape index (κ2) is 6.26. The molecule has 0 heterocycles. The van der Waals surface area contributed by atoms with Gasteiger partial charge in [-0.1, -0.05) is 61.2 Å². The number of carbonyl (C=O) groups excluding carboxylic acids is 1. The van der Waals surface area contributed by atoms with Crippen LogP contribution in [-0.4, -0.2) is 5.24 Å². The molecule has 0 atom stereocenters. The molecule has 92 valence electrons. The monoisotopic (exact) mass is 257 g/mol. The zero-order valence-electron chi connectivity index (χ0n) is 9.97. The number of anilines is 1. The van der Waals surface area contributed by atoms with E-state index in [1.165, 1.54) is 5.56 Å². The van der Waals surface area contributed by atoms with Crippen LogP contribution in [0.25, 0.3) is 0 Å². The third-order valence-corrected chi connectivity index (χ3v) is 2.90. The number of para-hydroxylation sites is 1. The molecule has 0 radical (unpaired) electrons. The first-order valence-electron chi connectivity index (χ1n) is 5.87. The molecule has 0 aliphatic heterocycles. The molecule has 0 aromatic heterocycles. The smallest absolute Gasteiger partial charge is 0.280 e. The molecule has 1 N–H and O–H groups in total. The average molecular weight is 257 g/mol. The minimum absolute atomic E-state index is 0.331. The molecular weight excluding hydrogens is 242 g/mol. The summed E-state index contributed by atoms with van der Waals surface area (Å²) < 4.78 is 0. The predicted molar refractivity (Wildman–Crippen MR) is 78.3 cm³/mol. The molecule has 0 aliphatic rings. The van der Waals surface area contributed by atoms with Crippen LogP contribution >= 0.6 is 12.6 Å². The fourth-order valence-electron chi connectivity index (χ4n) is 1.90.